The maximum Gasteiger partial charge on any atom is 0.306 e. The Kier molecular flexibility index (Phi) is 6.24. The molecule has 0 aromatic heterocycles. The summed E-state index contributed by atoms with van der Waals surface area (Å²) in [5, 5.41) is 0.704. The number of hydrogen-bond donors (Lipinski definition) is 0. The van der Waals surface area contributed by atoms with Gasteiger partial charge in [-0.25, -0.2) is 0 Å². The molecule has 0 unspecified atom stereocenters. The molecule has 1 saturated carbocycles. The van der Waals surface area contributed by atoms with Crippen LogP contribution in [0.1, 0.15) is 44.9 Å². The van der Waals surface area contributed by atoms with Gasteiger partial charge in [-0.1, -0.05) is 48.0 Å². The second-order valence-electron chi connectivity index (χ2n) is 3.95. The van der Waals surface area contributed by atoms with E-state index in [1.165, 1.54) is 32.1 Å². The fourth-order valence-electron chi connectivity index (χ4n) is 1.96. The summed E-state index contributed by atoms with van der Waals surface area (Å²) < 4.78 is 5.12. The number of rotatable bonds is 5. The van der Waals surface area contributed by atoms with E-state index in [0.29, 0.717) is 18.4 Å². The zero-order valence-electron chi connectivity index (χ0n) is 8.64. The molecule has 0 bridgehead atoms. The summed E-state index contributed by atoms with van der Waals surface area (Å²) in [4.78, 5) is 11.0. The summed E-state index contributed by atoms with van der Waals surface area (Å²) >= 11 is 3.22. The molecule has 82 valence electrons. The average molecular weight is 263 g/mol. The van der Waals surface area contributed by atoms with Gasteiger partial charge in [0.2, 0.25) is 0 Å². The van der Waals surface area contributed by atoms with Crippen LogP contribution in [0.25, 0.3) is 0 Å². The summed E-state index contributed by atoms with van der Waals surface area (Å²) in [7, 11) is 0. The molecular weight excluding hydrogens is 244 g/mol. The van der Waals surface area contributed by atoms with Gasteiger partial charge in [0.15, 0.2) is 0 Å². The Bertz CT molecular complexity index is 165. The highest BCUT2D eigenvalue weighted by Gasteiger charge is 2.13. The summed E-state index contributed by atoms with van der Waals surface area (Å²) in [6.45, 7) is 0.622. The van der Waals surface area contributed by atoms with Crippen LogP contribution in [0.4, 0.5) is 0 Å². The Balaban J connectivity index is 1.99. The molecule has 0 saturated heterocycles. The van der Waals surface area contributed by atoms with E-state index >= 15 is 0 Å². The van der Waals surface area contributed by atoms with Crippen molar-refractivity contribution in [3.05, 3.63) is 0 Å². The highest BCUT2D eigenvalue weighted by molar-refractivity contribution is 9.09. The standard InChI is InChI=1S/C11H19BrO2/c12-8-6-11(13)14-9-7-10-4-2-1-3-5-10/h10H,1-9H2. The fourth-order valence-corrected chi connectivity index (χ4v) is 2.29. The predicted molar refractivity (Wildman–Crippen MR) is 60.6 cm³/mol. The van der Waals surface area contributed by atoms with Crippen LogP contribution in [0.5, 0.6) is 0 Å². The van der Waals surface area contributed by atoms with Crippen LogP contribution in [0.2, 0.25) is 0 Å². The van der Waals surface area contributed by atoms with Gasteiger partial charge in [0.05, 0.1) is 13.0 Å². The topological polar surface area (TPSA) is 26.3 Å². The van der Waals surface area contributed by atoms with E-state index in [-0.39, 0.29) is 5.97 Å². The molecule has 3 heteroatoms. The first kappa shape index (κ1) is 12.0. The second kappa shape index (κ2) is 7.27. The third kappa shape index (κ3) is 4.99. The van der Waals surface area contributed by atoms with Gasteiger partial charge < -0.3 is 4.74 Å². The molecule has 0 aliphatic heterocycles. The maximum absolute atomic E-state index is 11.0. The van der Waals surface area contributed by atoms with Crippen molar-refractivity contribution in [1.82, 2.24) is 0 Å². The van der Waals surface area contributed by atoms with Crippen LogP contribution in [0, 0.1) is 5.92 Å². The molecule has 0 N–H and O–H groups in total. The fraction of sp³-hybridized carbons (Fsp3) is 0.909. The van der Waals surface area contributed by atoms with Crippen molar-refractivity contribution in [2.45, 2.75) is 44.9 Å². The lowest BCUT2D eigenvalue weighted by atomic mass is 9.87. The van der Waals surface area contributed by atoms with Crippen LogP contribution >= 0.6 is 15.9 Å². The number of hydrogen-bond acceptors (Lipinski definition) is 2. The number of carbonyl (C=O) groups is 1. The second-order valence-corrected chi connectivity index (χ2v) is 4.75. The maximum atomic E-state index is 11.0. The smallest absolute Gasteiger partial charge is 0.306 e. The highest BCUT2D eigenvalue weighted by atomic mass is 79.9. The van der Waals surface area contributed by atoms with Crippen molar-refractivity contribution in [3.8, 4) is 0 Å². The van der Waals surface area contributed by atoms with E-state index < -0.39 is 0 Å². The van der Waals surface area contributed by atoms with E-state index in [1.807, 2.05) is 0 Å². The Morgan fingerprint density at radius 1 is 1.29 bits per heavy atom. The van der Waals surface area contributed by atoms with Crippen LogP contribution in [0.3, 0.4) is 0 Å². The molecule has 0 atom stereocenters. The van der Waals surface area contributed by atoms with Crippen molar-refractivity contribution in [2.24, 2.45) is 5.92 Å². The quantitative estimate of drug-likeness (QED) is 0.562. The molecule has 0 heterocycles. The van der Waals surface area contributed by atoms with Gasteiger partial charge in [-0.3, -0.25) is 4.79 Å². The predicted octanol–water partition coefficient (Wildman–Crippen LogP) is 3.29. The monoisotopic (exact) mass is 262 g/mol. The Morgan fingerprint density at radius 3 is 2.64 bits per heavy atom. The minimum atomic E-state index is -0.0716. The number of carbonyl (C=O) groups excluding carboxylic acids is 1. The van der Waals surface area contributed by atoms with Crippen LogP contribution < -0.4 is 0 Å². The molecule has 1 rings (SSSR count). The molecule has 1 aliphatic rings. The number of alkyl halides is 1. The first-order valence-electron chi connectivity index (χ1n) is 5.54. The molecule has 2 nitrogen and oxygen atoms in total. The lowest BCUT2D eigenvalue weighted by molar-refractivity contribution is -0.143. The Hall–Kier alpha value is -0.0500. The van der Waals surface area contributed by atoms with E-state index in [1.54, 1.807) is 0 Å². The largest absolute Gasteiger partial charge is 0.466 e. The third-order valence-corrected chi connectivity index (χ3v) is 3.21. The van der Waals surface area contributed by atoms with Gasteiger partial charge in [0.25, 0.3) is 0 Å². The van der Waals surface area contributed by atoms with Gasteiger partial charge in [0.1, 0.15) is 0 Å². The van der Waals surface area contributed by atoms with Gasteiger partial charge in [-0.15, -0.1) is 0 Å². The van der Waals surface area contributed by atoms with Crippen molar-refractivity contribution < 1.29 is 9.53 Å². The lowest BCUT2D eigenvalue weighted by Crippen LogP contribution is -2.12. The molecule has 0 aromatic rings. The third-order valence-electron chi connectivity index (χ3n) is 2.81. The van der Waals surface area contributed by atoms with Crippen LogP contribution in [-0.2, 0) is 9.53 Å². The van der Waals surface area contributed by atoms with Crippen LogP contribution in [0.15, 0.2) is 0 Å². The molecule has 0 radical (unpaired) electrons. The van der Waals surface area contributed by atoms with Gasteiger partial charge >= 0.3 is 5.97 Å². The van der Waals surface area contributed by atoms with E-state index in [2.05, 4.69) is 15.9 Å². The summed E-state index contributed by atoms with van der Waals surface area (Å²) in [5.74, 6) is 0.734. The normalized spacial score (nSPS) is 18.1. The highest BCUT2D eigenvalue weighted by Crippen LogP contribution is 2.26. The van der Waals surface area contributed by atoms with E-state index in [4.69, 9.17) is 4.74 Å². The lowest BCUT2D eigenvalue weighted by Gasteiger charge is -2.20. The van der Waals surface area contributed by atoms with Crippen molar-refractivity contribution in [1.29, 1.82) is 0 Å². The molecule has 0 spiro atoms. The van der Waals surface area contributed by atoms with Crippen molar-refractivity contribution in [3.63, 3.8) is 0 Å². The average Bonchev–Trinajstić information content (AvgIpc) is 2.20. The first-order valence-corrected chi connectivity index (χ1v) is 6.66. The minimum absolute atomic E-state index is 0.0716. The van der Waals surface area contributed by atoms with Gasteiger partial charge in [0, 0.05) is 5.33 Å². The van der Waals surface area contributed by atoms with Gasteiger partial charge in [-0.2, -0.15) is 0 Å². The van der Waals surface area contributed by atoms with E-state index in [9.17, 15) is 4.79 Å². The molecular formula is C11H19BrO2. The van der Waals surface area contributed by atoms with Crippen molar-refractivity contribution in [2.75, 3.05) is 11.9 Å². The van der Waals surface area contributed by atoms with Crippen LogP contribution in [-0.4, -0.2) is 17.9 Å². The minimum Gasteiger partial charge on any atom is -0.466 e. The summed E-state index contributed by atoms with van der Waals surface area (Å²) in [6, 6.07) is 0. The number of halogens is 1. The first-order chi connectivity index (χ1) is 6.83. The molecule has 0 aromatic carbocycles. The Morgan fingerprint density at radius 2 is 2.00 bits per heavy atom. The van der Waals surface area contributed by atoms with E-state index in [0.717, 1.165) is 12.3 Å². The SMILES string of the molecule is O=C(CCBr)OCCC1CCCCC1. The molecule has 0 amide bonds. The molecule has 1 fully saturated rings. The molecule has 1 aliphatic carbocycles. The zero-order valence-corrected chi connectivity index (χ0v) is 10.2. The Labute approximate surface area is 94.5 Å². The summed E-state index contributed by atoms with van der Waals surface area (Å²) in [5.41, 5.74) is 0. The van der Waals surface area contributed by atoms with Crippen molar-refractivity contribution >= 4 is 21.9 Å². The number of esters is 1. The molecule has 14 heavy (non-hydrogen) atoms. The number of ether oxygens (including phenoxy) is 1. The summed E-state index contributed by atoms with van der Waals surface area (Å²) in [6.07, 6.45) is 8.32. The zero-order chi connectivity index (χ0) is 10.2. The van der Waals surface area contributed by atoms with Gasteiger partial charge in [-0.05, 0) is 12.3 Å².